The van der Waals surface area contributed by atoms with E-state index >= 15 is 4.39 Å². The smallest absolute Gasteiger partial charge is 0.408 e. The van der Waals surface area contributed by atoms with E-state index in [1.807, 2.05) is 60.5 Å². The first kappa shape index (κ1) is 27.7. The molecule has 0 saturated carbocycles. The Balaban J connectivity index is 1.82. The highest BCUT2D eigenvalue weighted by Gasteiger charge is 2.21. The van der Waals surface area contributed by atoms with E-state index in [1.165, 1.54) is 7.11 Å². The molecule has 7 heteroatoms. The van der Waals surface area contributed by atoms with Crippen molar-refractivity contribution in [2.24, 2.45) is 0 Å². The van der Waals surface area contributed by atoms with Crippen molar-refractivity contribution in [3.63, 3.8) is 0 Å². The highest BCUT2D eigenvalue weighted by Crippen LogP contribution is 2.31. The second kappa shape index (κ2) is 11.9. The molecule has 0 radical (unpaired) electrons. The Morgan fingerprint density at radius 1 is 1.00 bits per heavy atom. The number of nitrogens with one attached hydrogen (secondary N) is 1. The summed E-state index contributed by atoms with van der Waals surface area (Å²) in [5, 5.41) is 2.71. The fraction of sp³-hybridized carbons (Fsp3) is 0.333. The molecule has 37 heavy (non-hydrogen) atoms. The van der Waals surface area contributed by atoms with Crippen LogP contribution in [0.25, 0.3) is 11.1 Å². The molecule has 1 N–H and O–H groups in total. The van der Waals surface area contributed by atoms with Crippen molar-refractivity contribution < 1.29 is 23.5 Å². The maximum Gasteiger partial charge on any atom is 0.408 e. The van der Waals surface area contributed by atoms with Gasteiger partial charge in [-0.15, -0.1) is 0 Å². The summed E-state index contributed by atoms with van der Waals surface area (Å²) < 4.78 is 25.8. The van der Waals surface area contributed by atoms with Crippen LogP contribution in [0.3, 0.4) is 0 Å². The predicted molar refractivity (Wildman–Crippen MR) is 144 cm³/mol. The van der Waals surface area contributed by atoms with Crippen LogP contribution in [0.15, 0.2) is 66.7 Å². The van der Waals surface area contributed by atoms with Crippen molar-refractivity contribution in [2.45, 2.75) is 52.3 Å². The minimum absolute atomic E-state index is 0.202. The number of esters is 1. The lowest BCUT2D eigenvalue weighted by Crippen LogP contribution is -2.34. The molecule has 0 aliphatic rings. The van der Waals surface area contributed by atoms with Crippen molar-refractivity contribution in [1.29, 1.82) is 0 Å². The Hall–Kier alpha value is -3.87. The number of ether oxygens (including phenoxy) is 2. The van der Waals surface area contributed by atoms with Gasteiger partial charge in [0.05, 0.1) is 19.6 Å². The molecule has 0 spiro atoms. The third kappa shape index (κ3) is 7.56. The highest BCUT2D eigenvalue weighted by atomic mass is 19.1. The highest BCUT2D eigenvalue weighted by molar-refractivity contribution is 5.73. The van der Waals surface area contributed by atoms with Crippen molar-refractivity contribution >= 4 is 17.7 Å². The van der Waals surface area contributed by atoms with Gasteiger partial charge in [-0.2, -0.15) is 0 Å². The van der Waals surface area contributed by atoms with Gasteiger partial charge in [0.2, 0.25) is 0 Å². The molecule has 1 unspecified atom stereocenters. The molecule has 0 fully saturated rings. The first-order valence-corrected chi connectivity index (χ1v) is 12.2. The van der Waals surface area contributed by atoms with E-state index in [0.717, 1.165) is 22.4 Å². The summed E-state index contributed by atoms with van der Waals surface area (Å²) in [5.74, 6) is -0.683. The van der Waals surface area contributed by atoms with Crippen LogP contribution in [0.4, 0.5) is 14.9 Å². The summed E-state index contributed by atoms with van der Waals surface area (Å²) in [6, 6.07) is 20.0. The zero-order valence-electron chi connectivity index (χ0n) is 22.3. The van der Waals surface area contributed by atoms with Crippen LogP contribution in [0.2, 0.25) is 0 Å². The summed E-state index contributed by atoms with van der Waals surface area (Å²) >= 11 is 0. The molecule has 6 nitrogen and oxygen atoms in total. The Labute approximate surface area is 218 Å². The number of amides is 1. The fourth-order valence-corrected chi connectivity index (χ4v) is 4.04. The minimum Gasteiger partial charge on any atom is -0.469 e. The number of hydrogen-bond donors (Lipinski definition) is 1. The van der Waals surface area contributed by atoms with Gasteiger partial charge in [0, 0.05) is 30.4 Å². The number of halogens is 1. The molecule has 0 heterocycles. The molecule has 3 aromatic rings. The molecule has 0 aliphatic heterocycles. The molecular weight excluding hydrogens is 471 g/mol. The normalized spacial score (nSPS) is 12.0. The SMILES string of the molecule is COC(=O)Cc1ccccc1CN(C)c1cccc(-c2cccc(C(C)NC(=O)OC(C)(C)C)c2F)c1. The van der Waals surface area contributed by atoms with Crippen LogP contribution in [0.5, 0.6) is 0 Å². The Kier molecular flexibility index (Phi) is 8.92. The monoisotopic (exact) mass is 506 g/mol. The van der Waals surface area contributed by atoms with Gasteiger partial charge in [0.15, 0.2) is 0 Å². The average Bonchev–Trinajstić information content (AvgIpc) is 2.84. The summed E-state index contributed by atoms with van der Waals surface area (Å²) in [5.41, 5.74) is 3.71. The van der Waals surface area contributed by atoms with Crippen LogP contribution in [-0.2, 0) is 27.2 Å². The van der Waals surface area contributed by atoms with E-state index in [9.17, 15) is 9.59 Å². The lowest BCUT2D eigenvalue weighted by atomic mass is 9.98. The van der Waals surface area contributed by atoms with Crippen molar-refractivity contribution in [3.8, 4) is 11.1 Å². The Morgan fingerprint density at radius 2 is 1.68 bits per heavy atom. The van der Waals surface area contributed by atoms with E-state index < -0.39 is 23.6 Å². The first-order chi connectivity index (χ1) is 17.5. The standard InChI is InChI=1S/C30H35FN2O4/c1-20(32-29(35)37-30(2,3)4)25-15-10-16-26(28(25)31)22-13-9-14-24(17-22)33(5)19-23-12-8-7-11-21(23)18-27(34)36-6/h7-17,20H,18-19H2,1-6H3,(H,32,35). The second-order valence-corrected chi connectivity index (χ2v) is 10.0. The average molecular weight is 507 g/mol. The van der Waals surface area contributed by atoms with E-state index in [-0.39, 0.29) is 12.4 Å². The minimum atomic E-state index is -0.642. The number of rotatable bonds is 8. The lowest BCUT2D eigenvalue weighted by molar-refractivity contribution is -0.139. The second-order valence-electron chi connectivity index (χ2n) is 10.0. The van der Waals surface area contributed by atoms with Gasteiger partial charge < -0.3 is 19.7 Å². The number of hydrogen-bond acceptors (Lipinski definition) is 5. The quantitative estimate of drug-likeness (QED) is 0.357. The zero-order valence-corrected chi connectivity index (χ0v) is 22.3. The largest absolute Gasteiger partial charge is 0.469 e. The predicted octanol–water partition coefficient (Wildman–Crippen LogP) is 6.43. The number of anilines is 1. The fourth-order valence-electron chi connectivity index (χ4n) is 4.04. The Bertz CT molecular complexity index is 1250. The van der Waals surface area contributed by atoms with Gasteiger partial charge >= 0.3 is 12.1 Å². The number of nitrogens with zero attached hydrogens (tertiary/aromatic N) is 1. The number of alkyl carbamates (subject to hydrolysis) is 1. The molecular formula is C30H35FN2O4. The number of methoxy groups -OCH3 is 1. The number of carbonyl (C=O) groups is 2. The van der Waals surface area contributed by atoms with E-state index in [2.05, 4.69) is 5.32 Å². The van der Waals surface area contributed by atoms with Crippen molar-refractivity contribution in [3.05, 3.63) is 89.2 Å². The first-order valence-electron chi connectivity index (χ1n) is 12.2. The van der Waals surface area contributed by atoms with Crippen molar-refractivity contribution in [2.75, 3.05) is 19.1 Å². The number of benzene rings is 3. The molecule has 0 saturated heterocycles. The lowest BCUT2D eigenvalue weighted by Gasteiger charge is -2.23. The van der Waals surface area contributed by atoms with E-state index in [0.29, 0.717) is 17.7 Å². The van der Waals surface area contributed by atoms with Gasteiger partial charge in [-0.05, 0) is 56.5 Å². The maximum atomic E-state index is 15.6. The van der Waals surface area contributed by atoms with Gasteiger partial charge in [0.1, 0.15) is 11.4 Å². The molecule has 196 valence electrons. The van der Waals surface area contributed by atoms with Gasteiger partial charge in [-0.1, -0.05) is 54.6 Å². The summed E-state index contributed by atoms with van der Waals surface area (Å²) in [4.78, 5) is 26.1. The van der Waals surface area contributed by atoms with Gasteiger partial charge in [-0.3, -0.25) is 4.79 Å². The molecule has 1 atom stereocenters. The molecule has 0 bridgehead atoms. The van der Waals surface area contributed by atoms with Gasteiger partial charge in [-0.25, -0.2) is 9.18 Å². The van der Waals surface area contributed by atoms with E-state index in [4.69, 9.17) is 9.47 Å². The zero-order chi connectivity index (χ0) is 27.2. The van der Waals surface area contributed by atoms with Crippen LogP contribution < -0.4 is 10.2 Å². The summed E-state index contributed by atoms with van der Waals surface area (Å²) in [6.45, 7) is 7.62. The molecule has 0 aromatic heterocycles. The maximum absolute atomic E-state index is 15.6. The van der Waals surface area contributed by atoms with Crippen LogP contribution >= 0.6 is 0 Å². The van der Waals surface area contributed by atoms with Crippen LogP contribution in [0.1, 0.15) is 50.4 Å². The Morgan fingerprint density at radius 3 is 2.35 bits per heavy atom. The third-order valence-electron chi connectivity index (χ3n) is 5.91. The molecule has 0 aliphatic carbocycles. The van der Waals surface area contributed by atoms with Crippen molar-refractivity contribution in [1.82, 2.24) is 5.32 Å². The summed E-state index contributed by atoms with van der Waals surface area (Å²) in [6.07, 6.45) is -0.394. The van der Waals surface area contributed by atoms with Crippen LogP contribution in [-0.4, -0.2) is 31.8 Å². The number of carbonyl (C=O) groups excluding carboxylic acids is 2. The topological polar surface area (TPSA) is 67.9 Å². The van der Waals surface area contributed by atoms with E-state index in [1.54, 1.807) is 45.9 Å². The molecule has 3 aromatic carbocycles. The third-order valence-corrected chi connectivity index (χ3v) is 5.91. The van der Waals surface area contributed by atoms with Crippen LogP contribution in [0, 0.1) is 5.82 Å². The summed E-state index contributed by atoms with van der Waals surface area (Å²) in [7, 11) is 3.33. The van der Waals surface area contributed by atoms with Gasteiger partial charge in [0.25, 0.3) is 0 Å². The molecule has 3 rings (SSSR count). The molecule has 1 amide bonds.